The topological polar surface area (TPSA) is 18.5 Å². The zero-order valence-corrected chi connectivity index (χ0v) is 7.72. The van der Waals surface area contributed by atoms with E-state index in [4.69, 9.17) is 9.47 Å². The number of hydrogen-bond donors (Lipinski definition) is 0. The highest BCUT2D eigenvalue weighted by molar-refractivity contribution is 5.44. The van der Waals surface area contributed by atoms with Crippen molar-refractivity contribution in [3.05, 3.63) is 23.8 Å². The van der Waals surface area contributed by atoms with E-state index in [0.717, 1.165) is 0 Å². The van der Waals surface area contributed by atoms with Gasteiger partial charge in [-0.15, -0.1) is 0 Å². The molecule has 1 aliphatic heterocycles. The van der Waals surface area contributed by atoms with E-state index in [1.807, 2.05) is 0 Å². The van der Waals surface area contributed by atoms with E-state index >= 15 is 0 Å². The Labute approximate surface area is 80.4 Å². The lowest BCUT2D eigenvalue weighted by atomic mass is 10.0. The van der Waals surface area contributed by atoms with Gasteiger partial charge in [0.1, 0.15) is 11.5 Å². The molecule has 0 atom stereocenters. The minimum Gasteiger partial charge on any atom is -0.497 e. The Morgan fingerprint density at radius 2 is 2.21 bits per heavy atom. The molecule has 0 bridgehead atoms. The van der Waals surface area contributed by atoms with Crippen LogP contribution in [0.3, 0.4) is 0 Å². The Balaban J connectivity index is 2.46. The zero-order valence-electron chi connectivity index (χ0n) is 7.72. The second kappa shape index (κ2) is 3.12. The summed E-state index contributed by atoms with van der Waals surface area (Å²) in [6, 6.07) is 4.36. The van der Waals surface area contributed by atoms with Gasteiger partial charge in [-0.05, 0) is 12.1 Å². The predicted molar refractivity (Wildman–Crippen MR) is 47.0 cm³/mol. The van der Waals surface area contributed by atoms with Crippen LogP contribution in [0, 0.1) is 0 Å². The van der Waals surface area contributed by atoms with E-state index < -0.39 is 5.92 Å². The minimum atomic E-state index is -2.78. The lowest BCUT2D eigenvalue weighted by molar-refractivity contribution is -0.0405. The van der Waals surface area contributed by atoms with Crippen molar-refractivity contribution in [3.63, 3.8) is 0 Å². The van der Waals surface area contributed by atoms with Crippen molar-refractivity contribution in [1.82, 2.24) is 0 Å². The summed E-state index contributed by atoms with van der Waals surface area (Å²) >= 11 is 0. The molecular weight excluding hydrogens is 190 g/mol. The molecule has 14 heavy (non-hydrogen) atoms. The quantitative estimate of drug-likeness (QED) is 0.693. The van der Waals surface area contributed by atoms with Gasteiger partial charge < -0.3 is 9.47 Å². The Morgan fingerprint density at radius 1 is 1.43 bits per heavy atom. The Morgan fingerprint density at radius 3 is 2.93 bits per heavy atom. The molecule has 0 aromatic heterocycles. The van der Waals surface area contributed by atoms with E-state index in [-0.39, 0.29) is 24.3 Å². The monoisotopic (exact) mass is 200 g/mol. The molecule has 0 aliphatic carbocycles. The summed E-state index contributed by atoms with van der Waals surface area (Å²) in [6.45, 7) is 0.0488. The normalized spacial score (nSPS) is 18.2. The molecule has 1 aromatic rings. The van der Waals surface area contributed by atoms with Crippen LogP contribution < -0.4 is 9.47 Å². The first kappa shape index (κ1) is 9.24. The Hall–Kier alpha value is -1.32. The summed E-state index contributed by atoms with van der Waals surface area (Å²) in [5.74, 6) is -2.03. The van der Waals surface area contributed by atoms with Crippen LogP contribution in [0.5, 0.6) is 11.5 Å². The van der Waals surface area contributed by atoms with Crippen molar-refractivity contribution in [2.75, 3.05) is 13.7 Å². The first-order valence-electron chi connectivity index (χ1n) is 4.32. The summed E-state index contributed by atoms with van der Waals surface area (Å²) in [5, 5.41) is 0. The molecule has 0 amide bonds. The molecule has 1 heterocycles. The number of methoxy groups -OCH3 is 1. The molecule has 0 fully saturated rings. The Bertz CT molecular complexity index is 350. The molecule has 1 aromatic carbocycles. The van der Waals surface area contributed by atoms with E-state index in [9.17, 15) is 8.78 Å². The van der Waals surface area contributed by atoms with Gasteiger partial charge in [-0.2, -0.15) is 0 Å². The summed E-state index contributed by atoms with van der Waals surface area (Å²) in [5.41, 5.74) is -0.0513. The highest BCUT2D eigenvalue weighted by Gasteiger charge is 2.37. The fraction of sp³-hybridized carbons (Fsp3) is 0.400. The van der Waals surface area contributed by atoms with Crippen molar-refractivity contribution in [2.45, 2.75) is 12.3 Å². The van der Waals surface area contributed by atoms with Crippen molar-refractivity contribution in [3.8, 4) is 11.5 Å². The fourth-order valence-electron chi connectivity index (χ4n) is 1.48. The molecule has 0 radical (unpaired) electrons. The lowest BCUT2D eigenvalue weighted by Crippen LogP contribution is -2.23. The van der Waals surface area contributed by atoms with E-state index in [1.165, 1.54) is 25.3 Å². The molecule has 0 spiro atoms. The molecule has 4 heteroatoms. The van der Waals surface area contributed by atoms with Gasteiger partial charge in [0.05, 0.1) is 25.7 Å². The van der Waals surface area contributed by atoms with Crippen LogP contribution in [0.15, 0.2) is 18.2 Å². The van der Waals surface area contributed by atoms with Crippen molar-refractivity contribution in [2.24, 2.45) is 0 Å². The summed E-state index contributed by atoms with van der Waals surface area (Å²) in [7, 11) is 1.49. The lowest BCUT2D eigenvalue weighted by Gasteiger charge is -2.25. The third kappa shape index (κ3) is 1.41. The van der Waals surface area contributed by atoms with E-state index in [2.05, 4.69) is 0 Å². The average molecular weight is 200 g/mol. The summed E-state index contributed by atoms with van der Waals surface area (Å²) < 4.78 is 36.7. The summed E-state index contributed by atoms with van der Waals surface area (Å²) in [6.07, 6.45) is -0.258. The standard InChI is InChI=1S/C10H10F2O2/c1-13-7-2-3-8-9(6-7)14-5-4-10(8,11)12/h2-3,6H,4-5H2,1H3. The van der Waals surface area contributed by atoms with Crippen LogP contribution in [-0.2, 0) is 5.92 Å². The van der Waals surface area contributed by atoms with E-state index in [0.29, 0.717) is 5.75 Å². The molecule has 0 N–H and O–H groups in total. The molecular formula is C10H10F2O2. The number of ether oxygens (including phenoxy) is 2. The molecule has 0 unspecified atom stereocenters. The molecule has 76 valence electrons. The number of fused-ring (bicyclic) bond motifs is 1. The predicted octanol–water partition coefficient (Wildman–Crippen LogP) is 2.57. The highest BCUT2D eigenvalue weighted by atomic mass is 19.3. The van der Waals surface area contributed by atoms with Gasteiger partial charge >= 0.3 is 0 Å². The smallest absolute Gasteiger partial charge is 0.280 e. The van der Waals surface area contributed by atoms with Gasteiger partial charge in [-0.25, -0.2) is 8.78 Å². The maximum absolute atomic E-state index is 13.3. The van der Waals surface area contributed by atoms with Gasteiger partial charge in [0.15, 0.2) is 0 Å². The maximum atomic E-state index is 13.3. The molecule has 0 saturated heterocycles. The Kier molecular flexibility index (Phi) is 2.06. The third-order valence-corrected chi connectivity index (χ3v) is 2.26. The molecule has 2 rings (SSSR count). The SMILES string of the molecule is COc1ccc2c(c1)OCCC2(F)F. The molecule has 0 saturated carbocycles. The number of halogens is 2. The van der Waals surface area contributed by atoms with Crippen LogP contribution >= 0.6 is 0 Å². The van der Waals surface area contributed by atoms with Crippen LogP contribution in [-0.4, -0.2) is 13.7 Å². The third-order valence-electron chi connectivity index (χ3n) is 2.26. The number of benzene rings is 1. The average Bonchev–Trinajstić information content (AvgIpc) is 2.16. The molecule has 2 nitrogen and oxygen atoms in total. The number of hydrogen-bond acceptors (Lipinski definition) is 2. The summed E-state index contributed by atoms with van der Waals surface area (Å²) in [4.78, 5) is 0. The highest BCUT2D eigenvalue weighted by Crippen LogP contribution is 2.42. The zero-order chi connectivity index (χ0) is 10.2. The molecule has 1 aliphatic rings. The first-order valence-corrected chi connectivity index (χ1v) is 4.32. The van der Waals surface area contributed by atoms with Gasteiger partial charge in [-0.1, -0.05) is 0 Å². The van der Waals surface area contributed by atoms with Gasteiger partial charge in [0.2, 0.25) is 0 Å². The van der Waals surface area contributed by atoms with Crippen molar-refractivity contribution in [1.29, 1.82) is 0 Å². The fourth-order valence-corrected chi connectivity index (χ4v) is 1.48. The van der Waals surface area contributed by atoms with E-state index in [1.54, 1.807) is 0 Å². The number of rotatable bonds is 1. The van der Waals surface area contributed by atoms with Crippen molar-refractivity contribution < 1.29 is 18.3 Å². The van der Waals surface area contributed by atoms with Gasteiger partial charge in [0.25, 0.3) is 5.92 Å². The van der Waals surface area contributed by atoms with Crippen LogP contribution in [0.4, 0.5) is 8.78 Å². The number of alkyl halides is 2. The van der Waals surface area contributed by atoms with Crippen LogP contribution in [0.1, 0.15) is 12.0 Å². The van der Waals surface area contributed by atoms with Gasteiger partial charge in [0, 0.05) is 6.07 Å². The minimum absolute atomic E-state index is 0.0488. The second-order valence-corrected chi connectivity index (χ2v) is 3.17. The maximum Gasteiger partial charge on any atom is 0.280 e. The second-order valence-electron chi connectivity index (χ2n) is 3.17. The largest absolute Gasteiger partial charge is 0.497 e. The van der Waals surface area contributed by atoms with Crippen LogP contribution in [0.25, 0.3) is 0 Å². The first-order chi connectivity index (χ1) is 6.63. The van der Waals surface area contributed by atoms with Crippen LogP contribution in [0.2, 0.25) is 0 Å². The van der Waals surface area contributed by atoms with Crippen molar-refractivity contribution >= 4 is 0 Å². The van der Waals surface area contributed by atoms with Gasteiger partial charge in [-0.3, -0.25) is 0 Å².